The number of benzene rings is 1. The van der Waals surface area contributed by atoms with Crippen LogP contribution in [0.4, 0.5) is 0 Å². The van der Waals surface area contributed by atoms with Crippen molar-refractivity contribution < 1.29 is 9.90 Å². The van der Waals surface area contributed by atoms with Crippen molar-refractivity contribution in [3.05, 3.63) is 47.5 Å². The van der Waals surface area contributed by atoms with Crippen LogP contribution in [0, 0.1) is 13.8 Å². The van der Waals surface area contributed by atoms with E-state index in [-0.39, 0.29) is 6.42 Å². The molecule has 1 aromatic heterocycles. The van der Waals surface area contributed by atoms with Gasteiger partial charge in [-0.1, -0.05) is 18.2 Å². The van der Waals surface area contributed by atoms with Gasteiger partial charge in [0.2, 0.25) is 0 Å². The zero-order valence-electron chi connectivity index (χ0n) is 9.84. The molecule has 1 N–H and O–H groups in total. The second kappa shape index (κ2) is 4.41. The van der Waals surface area contributed by atoms with E-state index in [0.29, 0.717) is 0 Å². The van der Waals surface area contributed by atoms with Crippen molar-refractivity contribution in [2.75, 3.05) is 0 Å². The summed E-state index contributed by atoms with van der Waals surface area (Å²) in [6.07, 6.45) is 1.66. The van der Waals surface area contributed by atoms with Crippen LogP contribution in [-0.2, 0) is 11.2 Å². The zero-order chi connectivity index (χ0) is 12.4. The summed E-state index contributed by atoms with van der Waals surface area (Å²) in [4.78, 5) is 15.0. The van der Waals surface area contributed by atoms with E-state index in [2.05, 4.69) is 4.98 Å². The minimum absolute atomic E-state index is 0.0137. The molecule has 1 aromatic carbocycles. The molecular formula is C13H14N2O2. The number of imidazole rings is 1. The number of hydrogen-bond acceptors (Lipinski definition) is 2. The van der Waals surface area contributed by atoms with Gasteiger partial charge in [0.1, 0.15) is 0 Å². The van der Waals surface area contributed by atoms with E-state index in [1.165, 1.54) is 0 Å². The Bertz CT molecular complexity index is 558. The average Bonchev–Trinajstić information content (AvgIpc) is 2.61. The van der Waals surface area contributed by atoms with Gasteiger partial charge in [0, 0.05) is 5.69 Å². The van der Waals surface area contributed by atoms with Crippen LogP contribution < -0.4 is 0 Å². The Morgan fingerprint density at radius 3 is 2.71 bits per heavy atom. The first-order valence-electron chi connectivity index (χ1n) is 5.40. The van der Waals surface area contributed by atoms with Crippen molar-refractivity contribution in [3.8, 4) is 5.69 Å². The first-order valence-corrected chi connectivity index (χ1v) is 5.40. The molecule has 0 unspecified atom stereocenters. The third-order valence-electron chi connectivity index (χ3n) is 2.77. The average molecular weight is 230 g/mol. The van der Waals surface area contributed by atoms with Crippen LogP contribution in [0.2, 0.25) is 0 Å². The molecule has 2 rings (SSSR count). The number of carboxylic acid groups (broad SMARTS) is 1. The van der Waals surface area contributed by atoms with Gasteiger partial charge in [-0.05, 0) is 25.5 Å². The van der Waals surface area contributed by atoms with Crippen molar-refractivity contribution in [1.29, 1.82) is 0 Å². The van der Waals surface area contributed by atoms with E-state index in [1.54, 1.807) is 6.33 Å². The lowest BCUT2D eigenvalue weighted by molar-refractivity contribution is -0.136. The van der Waals surface area contributed by atoms with E-state index in [9.17, 15) is 4.79 Å². The van der Waals surface area contributed by atoms with E-state index in [0.717, 1.165) is 22.6 Å². The van der Waals surface area contributed by atoms with Crippen molar-refractivity contribution >= 4 is 5.97 Å². The molecule has 0 aliphatic rings. The summed E-state index contributed by atoms with van der Waals surface area (Å²) in [5.41, 5.74) is 3.56. The maximum atomic E-state index is 10.8. The Balaban J connectivity index is 2.53. The molecule has 0 radical (unpaired) electrons. The second-order valence-electron chi connectivity index (χ2n) is 4.00. The quantitative estimate of drug-likeness (QED) is 0.878. The standard InChI is InChI=1S/C13H14N2O2/c1-9-5-3-4-6-11(9)15-8-14-10(2)12(15)7-13(16)17/h3-6,8H,7H2,1-2H3,(H,16,17). The first-order chi connectivity index (χ1) is 8.09. The summed E-state index contributed by atoms with van der Waals surface area (Å²) < 4.78 is 1.85. The SMILES string of the molecule is Cc1ccccc1-n1cnc(C)c1CC(=O)O. The van der Waals surface area contributed by atoms with Gasteiger partial charge >= 0.3 is 5.97 Å². The molecule has 0 spiro atoms. The largest absolute Gasteiger partial charge is 0.481 e. The van der Waals surface area contributed by atoms with E-state index in [4.69, 9.17) is 5.11 Å². The normalized spacial score (nSPS) is 10.5. The van der Waals surface area contributed by atoms with Gasteiger partial charge in [0.15, 0.2) is 0 Å². The highest BCUT2D eigenvalue weighted by atomic mass is 16.4. The van der Waals surface area contributed by atoms with E-state index >= 15 is 0 Å². The zero-order valence-corrected chi connectivity index (χ0v) is 9.84. The molecule has 17 heavy (non-hydrogen) atoms. The molecule has 0 atom stereocenters. The third-order valence-corrected chi connectivity index (χ3v) is 2.77. The third kappa shape index (κ3) is 2.20. The molecular weight excluding hydrogens is 216 g/mol. The van der Waals surface area contributed by atoms with Gasteiger partial charge in [-0.2, -0.15) is 0 Å². The summed E-state index contributed by atoms with van der Waals surface area (Å²) in [5, 5.41) is 8.91. The van der Waals surface area contributed by atoms with Crippen LogP contribution in [0.25, 0.3) is 5.69 Å². The molecule has 0 aliphatic carbocycles. The Morgan fingerprint density at radius 2 is 2.06 bits per heavy atom. The fourth-order valence-electron chi connectivity index (χ4n) is 1.86. The van der Waals surface area contributed by atoms with Crippen molar-refractivity contribution in [2.24, 2.45) is 0 Å². The number of nitrogens with zero attached hydrogens (tertiary/aromatic N) is 2. The van der Waals surface area contributed by atoms with Gasteiger partial charge in [-0.25, -0.2) is 4.98 Å². The molecule has 0 bridgehead atoms. The number of aliphatic carboxylic acids is 1. The highest BCUT2D eigenvalue weighted by Crippen LogP contribution is 2.18. The van der Waals surface area contributed by atoms with Crippen LogP contribution in [0.3, 0.4) is 0 Å². The van der Waals surface area contributed by atoms with Crippen LogP contribution in [0.1, 0.15) is 17.0 Å². The number of aryl methyl sites for hydroxylation is 2. The maximum Gasteiger partial charge on any atom is 0.309 e. The van der Waals surface area contributed by atoms with Gasteiger partial charge in [0.05, 0.1) is 24.1 Å². The summed E-state index contributed by atoms with van der Waals surface area (Å²) in [7, 11) is 0. The number of para-hydroxylation sites is 1. The lowest BCUT2D eigenvalue weighted by Gasteiger charge is -2.10. The minimum Gasteiger partial charge on any atom is -0.481 e. The number of aromatic nitrogens is 2. The van der Waals surface area contributed by atoms with E-state index < -0.39 is 5.97 Å². The van der Waals surface area contributed by atoms with Crippen LogP contribution in [0.5, 0.6) is 0 Å². The Labute approximate surface area is 99.5 Å². The summed E-state index contributed by atoms with van der Waals surface area (Å²) >= 11 is 0. The van der Waals surface area contributed by atoms with Gasteiger partial charge < -0.3 is 9.67 Å². The fraction of sp³-hybridized carbons (Fsp3) is 0.231. The van der Waals surface area contributed by atoms with Crippen molar-refractivity contribution in [2.45, 2.75) is 20.3 Å². The second-order valence-corrected chi connectivity index (χ2v) is 4.00. The number of rotatable bonds is 3. The van der Waals surface area contributed by atoms with Gasteiger partial charge in [-0.15, -0.1) is 0 Å². The summed E-state index contributed by atoms with van der Waals surface area (Å²) in [6.45, 7) is 3.82. The molecule has 0 saturated heterocycles. The highest BCUT2D eigenvalue weighted by Gasteiger charge is 2.13. The fourth-order valence-corrected chi connectivity index (χ4v) is 1.86. The molecule has 4 nitrogen and oxygen atoms in total. The molecule has 2 aromatic rings. The van der Waals surface area contributed by atoms with E-state index in [1.807, 2.05) is 42.7 Å². The molecule has 0 amide bonds. The topological polar surface area (TPSA) is 55.1 Å². The molecule has 4 heteroatoms. The summed E-state index contributed by atoms with van der Waals surface area (Å²) in [6, 6.07) is 7.85. The summed E-state index contributed by atoms with van der Waals surface area (Å²) in [5.74, 6) is -0.844. The smallest absolute Gasteiger partial charge is 0.309 e. The number of carbonyl (C=O) groups is 1. The first kappa shape index (κ1) is 11.4. The van der Waals surface area contributed by atoms with Crippen LogP contribution in [0.15, 0.2) is 30.6 Å². The predicted octanol–water partition coefficient (Wildman–Crippen LogP) is 2.12. The maximum absolute atomic E-state index is 10.8. The number of carboxylic acids is 1. The van der Waals surface area contributed by atoms with Gasteiger partial charge in [-0.3, -0.25) is 4.79 Å². The van der Waals surface area contributed by atoms with Crippen molar-refractivity contribution in [3.63, 3.8) is 0 Å². The molecule has 0 fully saturated rings. The lowest BCUT2D eigenvalue weighted by Crippen LogP contribution is -2.08. The monoisotopic (exact) mass is 230 g/mol. The lowest BCUT2D eigenvalue weighted by atomic mass is 10.2. The Morgan fingerprint density at radius 1 is 1.35 bits per heavy atom. The minimum atomic E-state index is -0.844. The van der Waals surface area contributed by atoms with Gasteiger partial charge in [0.25, 0.3) is 0 Å². The number of hydrogen-bond donors (Lipinski definition) is 1. The van der Waals surface area contributed by atoms with Crippen LogP contribution >= 0.6 is 0 Å². The molecule has 0 aliphatic heterocycles. The van der Waals surface area contributed by atoms with Crippen LogP contribution in [-0.4, -0.2) is 20.6 Å². The highest BCUT2D eigenvalue weighted by molar-refractivity contribution is 5.70. The van der Waals surface area contributed by atoms with Crippen molar-refractivity contribution in [1.82, 2.24) is 9.55 Å². The molecule has 1 heterocycles. The Kier molecular flexibility index (Phi) is 2.95. The Hall–Kier alpha value is -2.10. The molecule has 0 saturated carbocycles. The predicted molar refractivity (Wildman–Crippen MR) is 64.4 cm³/mol. The molecule has 88 valence electrons.